The van der Waals surface area contributed by atoms with Crippen molar-refractivity contribution >= 4 is 45.9 Å². The van der Waals surface area contributed by atoms with Gasteiger partial charge in [-0.25, -0.2) is 4.79 Å². The number of amides is 2. The summed E-state index contributed by atoms with van der Waals surface area (Å²) in [5, 5.41) is 14.3. The fraction of sp³-hybridized carbons (Fsp3) is 0.300. The molecule has 5 rings (SSSR count). The summed E-state index contributed by atoms with van der Waals surface area (Å²) in [5.74, 6) is -1.13. The van der Waals surface area contributed by atoms with E-state index in [1.165, 1.54) is 35.1 Å². The van der Waals surface area contributed by atoms with Crippen LogP contribution in [0.15, 0.2) is 53.7 Å². The molecule has 0 fully saturated rings. The van der Waals surface area contributed by atoms with Crippen molar-refractivity contribution in [2.24, 2.45) is 0 Å². The fourth-order valence-corrected chi connectivity index (χ4v) is 6.94. The van der Waals surface area contributed by atoms with Gasteiger partial charge in [-0.05, 0) is 62.1 Å². The molecule has 2 N–H and O–H groups in total. The zero-order valence-electron chi connectivity index (χ0n) is 24.2. The van der Waals surface area contributed by atoms with E-state index >= 15 is 0 Å². The second kappa shape index (κ2) is 13.7. The van der Waals surface area contributed by atoms with Crippen molar-refractivity contribution in [1.82, 2.24) is 20.1 Å². The third kappa shape index (κ3) is 7.14. The molecule has 15 heteroatoms. The number of aryl methyl sites for hydroxylation is 1. The third-order valence-electron chi connectivity index (χ3n) is 6.88. The maximum absolute atomic E-state index is 13.6. The normalized spacial score (nSPS) is 12.5. The maximum atomic E-state index is 13.6. The SMILES string of the molecule is CCOC(=O)c1c(NC(=O)CSc2nnc(CNC(=O)c3ccccc3OC)n2-c2cccc(C(F)(F)F)c2)sc2c1CCC2. The van der Waals surface area contributed by atoms with Gasteiger partial charge in [-0.15, -0.1) is 21.5 Å². The minimum Gasteiger partial charge on any atom is -0.496 e. The van der Waals surface area contributed by atoms with E-state index in [1.807, 2.05) is 0 Å². The number of fused-ring (bicyclic) bond motifs is 1. The Morgan fingerprint density at radius 2 is 1.89 bits per heavy atom. The van der Waals surface area contributed by atoms with Gasteiger partial charge in [0, 0.05) is 4.88 Å². The molecule has 2 amide bonds. The smallest absolute Gasteiger partial charge is 0.416 e. The molecule has 2 aromatic carbocycles. The molecule has 1 aliphatic carbocycles. The first kappa shape index (κ1) is 32.0. The lowest BCUT2D eigenvalue weighted by molar-refractivity contribution is -0.137. The van der Waals surface area contributed by atoms with E-state index in [9.17, 15) is 27.6 Å². The quantitative estimate of drug-likeness (QED) is 0.156. The number of hydrogen-bond donors (Lipinski definition) is 2. The summed E-state index contributed by atoms with van der Waals surface area (Å²) in [4.78, 5) is 39.7. The number of rotatable bonds is 11. The summed E-state index contributed by atoms with van der Waals surface area (Å²) in [6.45, 7) is 1.72. The number of ether oxygens (including phenoxy) is 2. The molecule has 1 aliphatic rings. The Labute approximate surface area is 264 Å². The second-order valence-electron chi connectivity index (χ2n) is 9.78. The van der Waals surface area contributed by atoms with E-state index in [-0.39, 0.29) is 41.1 Å². The Kier molecular flexibility index (Phi) is 9.77. The number of aromatic nitrogens is 3. The molecule has 0 bridgehead atoms. The molecule has 0 radical (unpaired) electrons. The highest BCUT2D eigenvalue weighted by atomic mass is 32.2. The van der Waals surface area contributed by atoms with Gasteiger partial charge in [-0.1, -0.05) is 30.0 Å². The Morgan fingerprint density at radius 3 is 2.64 bits per heavy atom. The highest BCUT2D eigenvalue weighted by Crippen LogP contribution is 2.40. The Balaban J connectivity index is 1.38. The monoisotopic (exact) mass is 659 g/mol. The Hall–Kier alpha value is -4.37. The van der Waals surface area contributed by atoms with Crippen LogP contribution in [0.4, 0.5) is 18.2 Å². The molecule has 45 heavy (non-hydrogen) atoms. The van der Waals surface area contributed by atoms with Crippen molar-refractivity contribution in [2.75, 3.05) is 24.8 Å². The number of benzene rings is 2. The molecule has 0 spiro atoms. The van der Waals surface area contributed by atoms with E-state index in [2.05, 4.69) is 20.8 Å². The van der Waals surface area contributed by atoms with Gasteiger partial charge in [0.2, 0.25) is 5.91 Å². The van der Waals surface area contributed by atoms with Gasteiger partial charge in [-0.2, -0.15) is 13.2 Å². The summed E-state index contributed by atoms with van der Waals surface area (Å²) in [6.07, 6.45) is -2.15. The molecule has 0 unspecified atom stereocenters. The van der Waals surface area contributed by atoms with Crippen molar-refractivity contribution in [3.8, 4) is 11.4 Å². The number of para-hydroxylation sites is 1. The van der Waals surface area contributed by atoms with Gasteiger partial charge in [0.15, 0.2) is 11.0 Å². The van der Waals surface area contributed by atoms with Gasteiger partial charge >= 0.3 is 12.1 Å². The zero-order chi connectivity index (χ0) is 32.1. The topological polar surface area (TPSA) is 124 Å². The molecular formula is C30H28F3N5O5S2. The molecule has 0 saturated carbocycles. The number of halogens is 3. The zero-order valence-corrected chi connectivity index (χ0v) is 25.8. The number of thioether (sulfide) groups is 1. The molecule has 4 aromatic rings. The Morgan fingerprint density at radius 1 is 1.09 bits per heavy atom. The van der Waals surface area contributed by atoms with E-state index < -0.39 is 29.5 Å². The predicted molar refractivity (Wildman–Crippen MR) is 162 cm³/mol. The predicted octanol–water partition coefficient (Wildman–Crippen LogP) is 5.68. The van der Waals surface area contributed by atoms with Crippen LogP contribution in [0.2, 0.25) is 0 Å². The van der Waals surface area contributed by atoms with Crippen LogP contribution in [-0.4, -0.2) is 52.0 Å². The number of carbonyl (C=O) groups is 3. The lowest BCUT2D eigenvalue weighted by atomic mass is 10.1. The number of nitrogens with one attached hydrogen (secondary N) is 2. The molecule has 0 aliphatic heterocycles. The lowest BCUT2D eigenvalue weighted by Gasteiger charge is -2.14. The number of hydrogen-bond acceptors (Lipinski definition) is 9. The first-order valence-corrected chi connectivity index (χ1v) is 15.7. The molecule has 10 nitrogen and oxygen atoms in total. The van der Waals surface area contributed by atoms with E-state index in [0.29, 0.717) is 16.3 Å². The minimum absolute atomic E-state index is 0.0959. The fourth-order valence-electron chi connectivity index (χ4n) is 4.88. The molecule has 0 saturated heterocycles. The molecular weight excluding hydrogens is 631 g/mol. The number of nitrogens with zero attached hydrogens (tertiary/aromatic N) is 3. The van der Waals surface area contributed by atoms with Crippen LogP contribution in [0, 0.1) is 0 Å². The summed E-state index contributed by atoms with van der Waals surface area (Å²) >= 11 is 2.29. The maximum Gasteiger partial charge on any atom is 0.416 e. The van der Waals surface area contributed by atoms with Gasteiger partial charge < -0.3 is 20.1 Å². The van der Waals surface area contributed by atoms with Crippen molar-refractivity contribution in [3.63, 3.8) is 0 Å². The van der Waals surface area contributed by atoms with Gasteiger partial charge in [0.1, 0.15) is 10.8 Å². The van der Waals surface area contributed by atoms with Crippen LogP contribution in [0.25, 0.3) is 5.69 Å². The van der Waals surface area contributed by atoms with Gasteiger partial charge in [-0.3, -0.25) is 14.2 Å². The first-order chi connectivity index (χ1) is 21.6. The van der Waals surface area contributed by atoms with Crippen LogP contribution in [0.5, 0.6) is 5.75 Å². The Bertz CT molecular complexity index is 1740. The third-order valence-corrected chi connectivity index (χ3v) is 9.01. The molecule has 2 aromatic heterocycles. The van der Waals surface area contributed by atoms with Crippen molar-refractivity contribution in [1.29, 1.82) is 0 Å². The van der Waals surface area contributed by atoms with Crippen LogP contribution < -0.4 is 15.4 Å². The average molecular weight is 660 g/mol. The highest BCUT2D eigenvalue weighted by molar-refractivity contribution is 7.99. The number of anilines is 1. The summed E-state index contributed by atoms with van der Waals surface area (Å²) in [7, 11) is 1.43. The second-order valence-corrected chi connectivity index (χ2v) is 11.8. The summed E-state index contributed by atoms with van der Waals surface area (Å²) < 4.78 is 52.6. The number of esters is 1. The van der Waals surface area contributed by atoms with Gasteiger partial charge in [0.25, 0.3) is 5.91 Å². The molecule has 236 valence electrons. The van der Waals surface area contributed by atoms with E-state index in [0.717, 1.165) is 53.6 Å². The summed E-state index contributed by atoms with van der Waals surface area (Å²) in [5.41, 5.74) is 0.735. The number of carbonyl (C=O) groups excluding carboxylic acids is 3. The average Bonchev–Trinajstić information content (AvgIpc) is 3.73. The van der Waals surface area contributed by atoms with Crippen LogP contribution in [0.1, 0.15) is 55.9 Å². The van der Waals surface area contributed by atoms with E-state index in [4.69, 9.17) is 9.47 Å². The lowest BCUT2D eigenvalue weighted by Crippen LogP contribution is -2.25. The van der Waals surface area contributed by atoms with Crippen molar-refractivity contribution < 1.29 is 37.0 Å². The highest BCUT2D eigenvalue weighted by Gasteiger charge is 2.31. The van der Waals surface area contributed by atoms with Crippen LogP contribution in [-0.2, 0) is 35.1 Å². The van der Waals surface area contributed by atoms with Crippen molar-refractivity contribution in [3.05, 3.63) is 81.5 Å². The number of methoxy groups -OCH3 is 1. The number of thiophene rings is 1. The van der Waals surface area contributed by atoms with Crippen LogP contribution >= 0.6 is 23.1 Å². The largest absolute Gasteiger partial charge is 0.496 e. The molecule has 0 atom stereocenters. The van der Waals surface area contributed by atoms with Crippen LogP contribution in [0.3, 0.4) is 0 Å². The van der Waals surface area contributed by atoms with Crippen molar-refractivity contribution in [2.45, 2.75) is 44.1 Å². The summed E-state index contributed by atoms with van der Waals surface area (Å²) in [6, 6.07) is 11.2. The van der Waals surface area contributed by atoms with Gasteiger partial charge in [0.05, 0.1) is 48.4 Å². The minimum atomic E-state index is -4.60. The number of alkyl halides is 3. The van der Waals surface area contributed by atoms with E-state index in [1.54, 1.807) is 31.2 Å². The molecule has 2 heterocycles. The first-order valence-electron chi connectivity index (χ1n) is 13.9. The standard InChI is InChI=1S/C30H28F3N5O5S2/c1-3-43-28(41)25-20-11-7-13-22(20)45-27(25)35-24(39)16-44-29-37-36-23(15-34-26(40)19-10-4-5-12-21(19)42-2)38(29)18-9-6-8-17(14-18)30(31,32)33/h4-6,8-10,12,14H,3,7,11,13,15-16H2,1-2H3,(H,34,40)(H,35,39).